The number of benzene rings is 1. The molecule has 2 heterocycles. The lowest BCUT2D eigenvalue weighted by Gasteiger charge is -2.36. The van der Waals surface area contributed by atoms with E-state index in [1.807, 2.05) is 30.3 Å². The molecule has 0 saturated carbocycles. The number of hydrogen-bond donors (Lipinski definition) is 1. The quantitative estimate of drug-likeness (QED) is 0.346. The Morgan fingerprint density at radius 3 is 2.48 bits per heavy atom. The maximum Gasteiger partial charge on any atom is 0.253 e. The molecule has 0 unspecified atom stereocenters. The number of amides is 1. The average Bonchev–Trinajstić information content (AvgIpc) is 2.79. The summed E-state index contributed by atoms with van der Waals surface area (Å²) < 4.78 is 0. The topological polar surface area (TPSA) is 77.0 Å². The van der Waals surface area contributed by atoms with Crippen LogP contribution in [-0.2, 0) is 6.42 Å². The predicted octanol–water partition coefficient (Wildman–Crippen LogP) is 2.13. The minimum Gasteiger partial charge on any atom is -0.357 e. The second-order valence-electron chi connectivity index (χ2n) is 7.41. The molecule has 0 spiro atoms. The SMILES string of the molecule is CCNC(=NCCc1cccc(C(=O)N(C)C)c1)N1CCN(c2ncccn2)CC1.I. The van der Waals surface area contributed by atoms with Crippen LogP contribution in [0.5, 0.6) is 0 Å². The number of piperazine rings is 1. The first-order chi connectivity index (χ1) is 14.6. The molecule has 1 amide bonds. The van der Waals surface area contributed by atoms with E-state index < -0.39 is 0 Å². The van der Waals surface area contributed by atoms with Gasteiger partial charge >= 0.3 is 0 Å². The van der Waals surface area contributed by atoms with Crippen LogP contribution in [0.15, 0.2) is 47.7 Å². The van der Waals surface area contributed by atoms with Crippen molar-refractivity contribution in [3.63, 3.8) is 0 Å². The number of aromatic nitrogens is 2. The van der Waals surface area contributed by atoms with E-state index in [0.29, 0.717) is 12.1 Å². The fraction of sp³-hybridized carbons (Fsp3) is 0.455. The van der Waals surface area contributed by atoms with Crippen molar-refractivity contribution in [2.24, 2.45) is 4.99 Å². The highest BCUT2D eigenvalue weighted by atomic mass is 127. The summed E-state index contributed by atoms with van der Waals surface area (Å²) in [6, 6.07) is 9.64. The molecule has 0 radical (unpaired) electrons. The second-order valence-corrected chi connectivity index (χ2v) is 7.41. The van der Waals surface area contributed by atoms with Gasteiger partial charge in [-0.3, -0.25) is 9.79 Å². The number of nitrogens with one attached hydrogen (secondary N) is 1. The molecule has 31 heavy (non-hydrogen) atoms. The van der Waals surface area contributed by atoms with E-state index in [4.69, 9.17) is 4.99 Å². The van der Waals surface area contributed by atoms with E-state index in [0.717, 1.165) is 56.6 Å². The first kappa shape index (κ1) is 24.8. The predicted molar refractivity (Wildman–Crippen MR) is 135 cm³/mol. The van der Waals surface area contributed by atoms with Crippen molar-refractivity contribution in [1.82, 2.24) is 25.1 Å². The molecule has 168 valence electrons. The first-order valence-corrected chi connectivity index (χ1v) is 10.4. The smallest absolute Gasteiger partial charge is 0.253 e. The number of aliphatic imine (C=N–C) groups is 1. The third kappa shape index (κ3) is 7.05. The van der Waals surface area contributed by atoms with Crippen molar-refractivity contribution in [1.29, 1.82) is 0 Å². The number of guanidine groups is 1. The lowest BCUT2D eigenvalue weighted by atomic mass is 10.1. The van der Waals surface area contributed by atoms with Gasteiger partial charge in [0, 0.05) is 71.3 Å². The summed E-state index contributed by atoms with van der Waals surface area (Å²) in [5.74, 6) is 1.74. The molecule has 1 aromatic carbocycles. The molecule has 1 aliphatic rings. The number of carbonyl (C=O) groups excluding carboxylic acids is 1. The van der Waals surface area contributed by atoms with Crippen molar-refractivity contribution in [3.05, 3.63) is 53.9 Å². The maximum absolute atomic E-state index is 12.2. The van der Waals surface area contributed by atoms with Crippen molar-refractivity contribution >= 4 is 41.8 Å². The Bertz CT molecular complexity index is 852. The number of carbonyl (C=O) groups is 1. The highest BCUT2D eigenvalue weighted by molar-refractivity contribution is 14.0. The van der Waals surface area contributed by atoms with Gasteiger partial charge < -0.3 is 20.0 Å². The van der Waals surface area contributed by atoms with Crippen LogP contribution >= 0.6 is 24.0 Å². The number of nitrogens with zero attached hydrogens (tertiary/aromatic N) is 6. The fourth-order valence-corrected chi connectivity index (χ4v) is 3.41. The number of anilines is 1. The van der Waals surface area contributed by atoms with Gasteiger partial charge in [0.1, 0.15) is 0 Å². The zero-order valence-electron chi connectivity index (χ0n) is 18.5. The van der Waals surface area contributed by atoms with Gasteiger partial charge in [-0.1, -0.05) is 12.1 Å². The molecule has 1 saturated heterocycles. The van der Waals surface area contributed by atoms with E-state index in [2.05, 4.69) is 32.0 Å². The minimum atomic E-state index is 0. The van der Waals surface area contributed by atoms with E-state index in [9.17, 15) is 4.79 Å². The van der Waals surface area contributed by atoms with Crippen LogP contribution < -0.4 is 10.2 Å². The van der Waals surface area contributed by atoms with Gasteiger partial charge in [0.25, 0.3) is 5.91 Å². The van der Waals surface area contributed by atoms with Crippen LogP contribution in [-0.4, -0.2) is 85.0 Å². The molecule has 0 aliphatic carbocycles. The number of rotatable bonds is 6. The highest BCUT2D eigenvalue weighted by Gasteiger charge is 2.21. The Morgan fingerprint density at radius 2 is 1.84 bits per heavy atom. The standard InChI is InChI=1S/C22H31N7O.HI/c1-4-23-21(28-13-15-29(16-14-28)22-24-10-6-11-25-22)26-12-9-18-7-5-8-19(17-18)20(30)27(2)3;/h5-8,10-11,17H,4,9,12-16H2,1-3H3,(H,23,26);1H. The highest BCUT2D eigenvalue weighted by Crippen LogP contribution is 2.11. The van der Waals surface area contributed by atoms with E-state index in [1.54, 1.807) is 31.4 Å². The average molecular weight is 537 g/mol. The third-order valence-corrected chi connectivity index (χ3v) is 4.99. The third-order valence-electron chi connectivity index (χ3n) is 4.99. The van der Waals surface area contributed by atoms with E-state index in [-0.39, 0.29) is 29.9 Å². The van der Waals surface area contributed by atoms with Crippen LogP contribution in [0.3, 0.4) is 0 Å². The molecule has 1 N–H and O–H groups in total. The van der Waals surface area contributed by atoms with Crippen LogP contribution in [0, 0.1) is 0 Å². The molecular weight excluding hydrogens is 505 g/mol. The summed E-state index contributed by atoms with van der Waals surface area (Å²) >= 11 is 0. The zero-order chi connectivity index (χ0) is 21.3. The van der Waals surface area contributed by atoms with Gasteiger partial charge in [0.2, 0.25) is 5.95 Å². The largest absolute Gasteiger partial charge is 0.357 e. The summed E-state index contributed by atoms with van der Waals surface area (Å²) in [5.41, 5.74) is 1.83. The van der Waals surface area contributed by atoms with Crippen molar-refractivity contribution in [2.45, 2.75) is 13.3 Å². The molecule has 1 fully saturated rings. The van der Waals surface area contributed by atoms with Crippen LogP contribution in [0.4, 0.5) is 5.95 Å². The first-order valence-electron chi connectivity index (χ1n) is 10.4. The summed E-state index contributed by atoms with van der Waals surface area (Å²) in [7, 11) is 3.54. The molecule has 9 heteroatoms. The molecule has 1 aliphatic heterocycles. The summed E-state index contributed by atoms with van der Waals surface area (Å²) in [6.07, 6.45) is 4.35. The summed E-state index contributed by atoms with van der Waals surface area (Å²) in [5, 5.41) is 3.40. The Balaban J connectivity index is 0.00000341. The molecule has 1 aromatic heterocycles. The second kappa shape index (κ2) is 12.4. The Morgan fingerprint density at radius 1 is 1.13 bits per heavy atom. The molecule has 2 aromatic rings. The molecule has 0 bridgehead atoms. The maximum atomic E-state index is 12.2. The monoisotopic (exact) mass is 537 g/mol. The Labute approximate surface area is 201 Å². The van der Waals surface area contributed by atoms with Gasteiger partial charge in [0.15, 0.2) is 5.96 Å². The minimum absolute atomic E-state index is 0. The van der Waals surface area contributed by atoms with Crippen molar-refractivity contribution in [2.75, 3.05) is 58.3 Å². The normalized spacial score (nSPS) is 14.1. The van der Waals surface area contributed by atoms with E-state index in [1.165, 1.54) is 0 Å². The molecular formula is C22H32IN7O. The van der Waals surface area contributed by atoms with E-state index >= 15 is 0 Å². The van der Waals surface area contributed by atoms with Crippen molar-refractivity contribution < 1.29 is 4.79 Å². The molecule has 3 rings (SSSR count). The van der Waals surface area contributed by atoms with Crippen LogP contribution in [0.2, 0.25) is 0 Å². The van der Waals surface area contributed by atoms with Gasteiger partial charge in [-0.25, -0.2) is 9.97 Å². The summed E-state index contributed by atoms with van der Waals surface area (Å²) in [4.78, 5) is 31.8. The zero-order valence-corrected chi connectivity index (χ0v) is 20.8. The number of hydrogen-bond acceptors (Lipinski definition) is 5. The molecule has 8 nitrogen and oxygen atoms in total. The Kier molecular flexibility index (Phi) is 9.96. The van der Waals surface area contributed by atoms with Gasteiger partial charge in [-0.2, -0.15) is 0 Å². The lowest BCUT2D eigenvalue weighted by molar-refractivity contribution is 0.0827. The fourth-order valence-electron chi connectivity index (χ4n) is 3.41. The lowest BCUT2D eigenvalue weighted by Crippen LogP contribution is -2.53. The summed E-state index contributed by atoms with van der Waals surface area (Å²) in [6.45, 7) is 7.05. The number of halogens is 1. The van der Waals surface area contributed by atoms with Gasteiger partial charge in [0.05, 0.1) is 0 Å². The van der Waals surface area contributed by atoms with Gasteiger partial charge in [-0.15, -0.1) is 24.0 Å². The van der Waals surface area contributed by atoms with Crippen LogP contribution in [0.25, 0.3) is 0 Å². The Hall–Kier alpha value is -2.43. The van der Waals surface area contributed by atoms with Crippen molar-refractivity contribution in [3.8, 4) is 0 Å². The van der Waals surface area contributed by atoms with Crippen LogP contribution in [0.1, 0.15) is 22.8 Å². The molecule has 0 atom stereocenters. The van der Waals surface area contributed by atoms with Gasteiger partial charge in [-0.05, 0) is 37.1 Å².